The highest BCUT2D eigenvalue weighted by Gasteiger charge is 2.03. The monoisotopic (exact) mass is 182 g/mol. The molecule has 0 aliphatic heterocycles. The quantitative estimate of drug-likeness (QED) is 0.724. The summed E-state index contributed by atoms with van der Waals surface area (Å²) in [6.45, 7) is 1.37. The highest BCUT2D eigenvalue weighted by atomic mass is 16.3. The summed E-state index contributed by atoms with van der Waals surface area (Å²) in [5.41, 5.74) is 5.03. The Morgan fingerprint density at radius 3 is 3.00 bits per heavy atom. The van der Waals surface area contributed by atoms with Gasteiger partial charge in [0.15, 0.2) is 0 Å². The largest absolute Gasteiger partial charge is 0.468 e. The van der Waals surface area contributed by atoms with E-state index in [0.29, 0.717) is 19.5 Å². The first-order chi connectivity index (χ1) is 6.18. The minimum atomic E-state index is -0.272. The van der Waals surface area contributed by atoms with Crippen molar-refractivity contribution in [2.45, 2.75) is 13.0 Å². The van der Waals surface area contributed by atoms with Gasteiger partial charge in [-0.25, -0.2) is 0 Å². The van der Waals surface area contributed by atoms with Gasteiger partial charge in [-0.1, -0.05) is 0 Å². The van der Waals surface area contributed by atoms with E-state index in [4.69, 9.17) is 10.2 Å². The number of primary amides is 1. The molecule has 0 aromatic carbocycles. The third-order valence-corrected chi connectivity index (χ3v) is 1.75. The van der Waals surface area contributed by atoms with Gasteiger partial charge in [0.1, 0.15) is 5.76 Å². The van der Waals surface area contributed by atoms with Gasteiger partial charge in [0.05, 0.1) is 12.8 Å². The van der Waals surface area contributed by atoms with Crippen molar-refractivity contribution in [1.29, 1.82) is 0 Å². The number of rotatable bonds is 5. The van der Waals surface area contributed by atoms with Crippen LogP contribution in [0.1, 0.15) is 12.2 Å². The van der Waals surface area contributed by atoms with E-state index < -0.39 is 0 Å². The molecule has 1 aromatic heterocycles. The Hall–Kier alpha value is -1.29. The van der Waals surface area contributed by atoms with E-state index in [2.05, 4.69) is 0 Å². The molecule has 0 fully saturated rings. The van der Waals surface area contributed by atoms with E-state index in [0.717, 1.165) is 5.76 Å². The molecular formula is C9H14N2O2. The van der Waals surface area contributed by atoms with Crippen LogP contribution >= 0.6 is 0 Å². The molecule has 0 radical (unpaired) electrons. The van der Waals surface area contributed by atoms with Crippen LogP contribution in [0.5, 0.6) is 0 Å². The van der Waals surface area contributed by atoms with Crippen molar-refractivity contribution >= 4 is 5.91 Å². The molecule has 0 spiro atoms. The summed E-state index contributed by atoms with van der Waals surface area (Å²) >= 11 is 0. The van der Waals surface area contributed by atoms with Crippen LogP contribution < -0.4 is 5.73 Å². The van der Waals surface area contributed by atoms with E-state index in [9.17, 15) is 4.79 Å². The fourth-order valence-corrected chi connectivity index (χ4v) is 1.05. The molecule has 0 aliphatic rings. The molecule has 0 saturated carbocycles. The van der Waals surface area contributed by atoms with Crippen molar-refractivity contribution in [3.63, 3.8) is 0 Å². The van der Waals surface area contributed by atoms with E-state index in [1.165, 1.54) is 0 Å². The van der Waals surface area contributed by atoms with Crippen LogP contribution in [-0.4, -0.2) is 24.4 Å². The first kappa shape index (κ1) is 9.80. The predicted octanol–water partition coefficient (Wildman–Crippen LogP) is 0.587. The smallest absolute Gasteiger partial charge is 0.218 e. The minimum absolute atomic E-state index is 0.272. The fourth-order valence-electron chi connectivity index (χ4n) is 1.05. The lowest BCUT2D eigenvalue weighted by molar-refractivity contribution is -0.118. The van der Waals surface area contributed by atoms with Crippen LogP contribution in [0.4, 0.5) is 0 Å². The Balaban J connectivity index is 2.25. The molecule has 2 N–H and O–H groups in total. The Kier molecular flexibility index (Phi) is 3.52. The van der Waals surface area contributed by atoms with Gasteiger partial charge in [-0.3, -0.25) is 9.69 Å². The topological polar surface area (TPSA) is 59.5 Å². The molecule has 1 heterocycles. The van der Waals surface area contributed by atoms with Crippen LogP contribution in [0.25, 0.3) is 0 Å². The number of carbonyl (C=O) groups excluding carboxylic acids is 1. The molecule has 0 atom stereocenters. The molecule has 4 heteroatoms. The number of carbonyl (C=O) groups is 1. The average Bonchev–Trinajstić information content (AvgIpc) is 2.53. The number of hydrogen-bond donors (Lipinski definition) is 1. The number of hydrogen-bond acceptors (Lipinski definition) is 3. The Morgan fingerprint density at radius 2 is 2.46 bits per heavy atom. The van der Waals surface area contributed by atoms with Gasteiger partial charge in [0.2, 0.25) is 5.91 Å². The standard InChI is InChI=1S/C9H14N2O2/c1-11(5-4-9(10)12)7-8-3-2-6-13-8/h2-3,6H,4-5,7H2,1H3,(H2,10,12). The summed E-state index contributed by atoms with van der Waals surface area (Å²) in [4.78, 5) is 12.5. The van der Waals surface area contributed by atoms with Gasteiger partial charge in [-0.2, -0.15) is 0 Å². The summed E-state index contributed by atoms with van der Waals surface area (Å²) in [6, 6.07) is 3.75. The first-order valence-electron chi connectivity index (χ1n) is 4.17. The maximum atomic E-state index is 10.5. The van der Waals surface area contributed by atoms with Crippen LogP contribution in [-0.2, 0) is 11.3 Å². The van der Waals surface area contributed by atoms with E-state index in [-0.39, 0.29) is 5.91 Å². The fraction of sp³-hybridized carbons (Fsp3) is 0.444. The van der Waals surface area contributed by atoms with Crippen molar-refractivity contribution in [2.24, 2.45) is 5.73 Å². The number of nitrogens with zero attached hydrogens (tertiary/aromatic N) is 1. The second-order valence-electron chi connectivity index (χ2n) is 3.03. The number of furan rings is 1. The Morgan fingerprint density at radius 1 is 1.69 bits per heavy atom. The van der Waals surface area contributed by atoms with Gasteiger partial charge < -0.3 is 10.2 Å². The minimum Gasteiger partial charge on any atom is -0.468 e. The molecule has 0 bridgehead atoms. The third-order valence-electron chi connectivity index (χ3n) is 1.75. The molecule has 0 saturated heterocycles. The summed E-state index contributed by atoms with van der Waals surface area (Å²) < 4.78 is 5.15. The molecule has 1 rings (SSSR count). The van der Waals surface area contributed by atoms with Crippen molar-refractivity contribution in [3.05, 3.63) is 24.2 Å². The summed E-state index contributed by atoms with van der Waals surface area (Å²) in [7, 11) is 1.92. The normalized spacial score (nSPS) is 10.6. The third kappa shape index (κ3) is 3.75. The molecule has 13 heavy (non-hydrogen) atoms. The zero-order chi connectivity index (χ0) is 9.68. The Bertz CT molecular complexity index is 257. The molecular weight excluding hydrogens is 168 g/mol. The van der Waals surface area contributed by atoms with Crippen molar-refractivity contribution < 1.29 is 9.21 Å². The van der Waals surface area contributed by atoms with Crippen LogP contribution in [0.15, 0.2) is 22.8 Å². The maximum absolute atomic E-state index is 10.5. The average molecular weight is 182 g/mol. The van der Waals surface area contributed by atoms with Crippen molar-refractivity contribution in [3.8, 4) is 0 Å². The van der Waals surface area contributed by atoms with Crippen molar-refractivity contribution in [1.82, 2.24) is 4.90 Å². The van der Waals surface area contributed by atoms with Crippen LogP contribution in [0.2, 0.25) is 0 Å². The lowest BCUT2D eigenvalue weighted by Crippen LogP contribution is -2.23. The maximum Gasteiger partial charge on any atom is 0.218 e. The molecule has 72 valence electrons. The molecule has 1 amide bonds. The lowest BCUT2D eigenvalue weighted by Gasteiger charge is -2.13. The van der Waals surface area contributed by atoms with Gasteiger partial charge >= 0.3 is 0 Å². The van der Waals surface area contributed by atoms with Crippen molar-refractivity contribution in [2.75, 3.05) is 13.6 Å². The van der Waals surface area contributed by atoms with E-state index in [1.807, 2.05) is 24.1 Å². The second-order valence-corrected chi connectivity index (χ2v) is 3.03. The molecule has 4 nitrogen and oxygen atoms in total. The zero-order valence-electron chi connectivity index (χ0n) is 7.69. The first-order valence-corrected chi connectivity index (χ1v) is 4.17. The zero-order valence-corrected chi connectivity index (χ0v) is 7.69. The SMILES string of the molecule is CN(CCC(N)=O)Cc1ccco1. The van der Waals surface area contributed by atoms with E-state index >= 15 is 0 Å². The highest BCUT2D eigenvalue weighted by molar-refractivity contribution is 5.73. The van der Waals surface area contributed by atoms with Crippen LogP contribution in [0.3, 0.4) is 0 Å². The highest BCUT2D eigenvalue weighted by Crippen LogP contribution is 2.03. The van der Waals surface area contributed by atoms with Crippen LogP contribution in [0, 0.1) is 0 Å². The lowest BCUT2D eigenvalue weighted by atomic mass is 10.3. The van der Waals surface area contributed by atoms with Gasteiger partial charge in [0, 0.05) is 13.0 Å². The number of nitrogens with two attached hydrogens (primary N) is 1. The summed E-state index contributed by atoms with van der Waals surface area (Å²) in [6.07, 6.45) is 2.02. The second kappa shape index (κ2) is 4.67. The van der Waals surface area contributed by atoms with Gasteiger partial charge in [-0.05, 0) is 19.2 Å². The van der Waals surface area contributed by atoms with Gasteiger partial charge in [0.25, 0.3) is 0 Å². The molecule has 1 aromatic rings. The van der Waals surface area contributed by atoms with E-state index in [1.54, 1.807) is 6.26 Å². The summed E-state index contributed by atoms with van der Waals surface area (Å²) in [5.74, 6) is 0.623. The summed E-state index contributed by atoms with van der Waals surface area (Å²) in [5, 5.41) is 0. The Labute approximate surface area is 77.3 Å². The number of amides is 1. The predicted molar refractivity (Wildman–Crippen MR) is 48.9 cm³/mol. The van der Waals surface area contributed by atoms with Gasteiger partial charge in [-0.15, -0.1) is 0 Å². The molecule has 0 aliphatic carbocycles. The molecule has 0 unspecified atom stereocenters.